The molecular weight excluding hydrogens is 272 g/mol. The summed E-state index contributed by atoms with van der Waals surface area (Å²) in [5.74, 6) is 1.02. The lowest BCUT2D eigenvalue weighted by Crippen LogP contribution is -2.29. The van der Waals surface area contributed by atoms with Crippen LogP contribution in [0.15, 0.2) is 24.3 Å². The summed E-state index contributed by atoms with van der Waals surface area (Å²) in [6, 6.07) is 8.85. The van der Waals surface area contributed by atoms with E-state index < -0.39 is 10.0 Å². The van der Waals surface area contributed by atoms with Crippen molar-refractivity contribution in [3.63, 3.8) is 0 Å². The van der Waals surface area contributed by atoms with Gasteiger partial charge in [0.15, 0.2) is 0 Å². The number of hydrogen-bond acceptors (Lipinski definition) is 3. The van der Waals surface area contributed by atoms with Crippen LogP contribution in [0.3, 0.4) is 0 Å². The predicted molar refractivity (Wildman–Crippen MR) is 78.3 cm³/mol. The molecule has 1 aromatic carbocycles. The van der Waals surface area contributed by atoms with E-state index in [2.05, 4.69) is 11.6 Å². The largest absolute Gasteiger partial charge is 0.215 e. The molecule has 20 heavy (non-hydrogen) atoms. The fraction of sp³-hybridized carbons (Fsp3) is 0.533. The average Bonchev–Trinajstić information content (AvgIpc) is 2.83. The SMILES string of the molecule is CC1CCC(CNS(=O)(=O)Cc2ccccc2C#N)C1. The highest BCUT2D eigenvalue weighted by Crippen LogP contribution is 2.29. The molecule has 1 aliphatic rings. The van der Waals surface area contributed by atoms with Crippen molar-refractivity contribution in [2.24, 2.45) is 11.8 Å². The van der Waals surface area contributed by atoms with Crippen molar-refractivity contribution in [2.75, 3.05) is 6.54 Å². The van der Waals surface area contributed by atoms with Gasteiger partial charge in [0.25, 0.3) is 0 Å². The van der Waals surface area contributed by atoms with E-state index in [1.54, 1.807) is 24.3 Å². The van der Waals surface area contributed by atoms with Crippen LogP contribution in [0.1, 0.15) is 37.3 Å². The van der Waals surface area contributed by atoms with E-state index in [1.165, 1.54) is 6.42 Å². The van der Waals surface area contributed by atoms with Gasteiger partial charge in [-0.25, -0.2) is 13.1 Å². The Morgan fingerprint density at radius 2 is 2.10 bits per heavy atom. The Hall–Kier alpha value is -1.38. The highest BCUT2D eigenvalue weighted by molar-refractivity contribution is 7.88. The molecule has 0 radical (unpaired) electrons. The Balaban J connectivity index is 1.96. The van der Waals surface area contributed by atoms with Gasteiger partial charge in [-0.15, -0.1) is 0 Å². The molecule has 0 saturated heterocycles. The van der Waals surface area contributed by atoms with E-state index in [-0.39, 0.29) is 5.75 Å². The third-order valence-corrected chi connectivity index (χ3v) is 5.18. The maximum Gasteiger partial charge on any atom is 0.215 e. The summed E-state index contributed by atoms with van der Waals surface area (Å²) in [6.07, 6.45) is 3.37. The molecule has 0 spiro atoms. The highest BCUT2D eigenvalue weighted by Gasteiger charge is 2.23. The molecule has 5 heteroatoms. The summed E-state index contributed by atoms with van der Waals surface area (Å²) in [5.41, 5.74) is 0.981. The molecule has 2 unspecified atom stereocenters. The van der Waals surface area contributed by atoms with Crippen LogP contribution in [0.4, 0.5) is 0 Å². The first kappa shape index (κ1) is 15.0. The van der Waals surface area contributed by atoms with Crippen LogP contribution in [0, 0.1) is 23.2 Å². The summed E-state index contributed by atoms with van der Waals surface area (Å²) in [5, 5.41) is 8.98. The Bertz CT molecular complexity index is 605. The van der Waals surface area contributed by atoms with Crippen LogP contribution in [0.5, 0.6) is 0 Å². The third-order valence-electron chi connectivity index (χ3n) is 3.88. The second-order valence-corrected chi connectivity index (χ2v) is 7.47. The van der Waals surface area contributed by atoms with Crippen molar-refractivity contribution < 1.29 is 8.42 Å². The van der Waals surface area contributed by atoms with E-state index in [0.29, 0.717) is 29.5 Å². The number of sulfonamides is 1. The van der Waals surface area contributed by atoms with Crippen molar-refractivity contribution in [3.05, 3.63) is 35.4 Å². The summed E-state index contributed by atoms with van der Waals surface area (Å²) >= 11 is 0. The molecule has 4 nitrogen and oxygen atoms in total. The molecule has 0 bridgehead atoms. The Labute approximate surface area is 120 Å². The maximum atomic E-state index is 12.1. The number of rotatable bonds is 5. The van der Waals surface area contributed by atoms with Crippen molar-refractivity contribution in [3.8, 4) is 6.07 Å². The normalized spacial score (nSPS) is 22.6. The lowest BCUT2D eigenvalue weighted by molar-refractivity contribution is 0.498. The van der Waals surface area contributed by atoms with E-state index in [1.807, 2.05) is 6.07 Å². The van der Waals surface area contributed by atoms with Crippen LogP contribution < -0.4 is 4.72 Å². The molecule has 2 rings (SSSR count). The van der Waals surface area contributed by atoms with Crippen LogP contribution in [0.2, 0.25) is 0 Å². The zero-order valence-corrected chi connectivity index (χ0v) is 12.5. The Kier molecular flexibility index (Phi) is 4.79. The molecule has 2 atom stereocenters. The van der Waals surface area contributed by atoms with Gasteiger partial charge < -0.3 is 0 Å². The molecule has 0 amide bonds. The number of nitrogens with one attached hydrogen (secondary N) is 1. The van der Waals surface area contributed by atoms with E-state index in [0.717, 1.165) is 12.8 Å². The fourth-order valence-corrected chi connectivity index (χ4v) is 4.02. The van der Waals surface area contributed by atoms with Gasteiger partial charge in [0.05, 0.1) is 17.4 Å². The van der Waals surface area contributed by atoms with Crippen molar-refractivity contribution >= 4 is 10.0 Å². The standard InChI is InChI=1S/C15H20N2O2S/c1-12-6-7-13(8-12)10-17-20(18,19)11-15-5-3-2-4-14(15)9-16/h2-5,12-13,17H,6-8,10-11H2,1H3. The van der Waals surface area contributed by atoms with Gasteiger partial charge in [-0.2, -0.15) is 5.26 Å². The maximum absolute atomic E-state index is 12.1. The lowest BCUT2D eigenvalue weighted by Gasteiger charge is -2.12. The number of benzene rings is 1. The molecule has 1 fully saturated rings. The topological polar surface area (TPSA) is 70.0 Å². The molecule has 1 N–H and O–H groups in total. The van der Waals surface area contributed by atoms with Gasteiger partial charge in [0, 0.05) is 6.54 Å². The fourth-order valence-electron chi connectivity index (χ4n) is 2.77. The summed E-state index contributed by atoms with van der Waals surface area (Å²) < 4.78 is 26.9. The molecule has 0 aromatic heterocycles. The number of hydrogen-bond donors (Lipinski definition) is 1. The molecule has 1 aliphatic carbocycles. The summed E-state index contributed by atoms with van der Waals surface area (Å²) in [7, 11) is -3.37. The van der Waals surface area contributed by atoms with Gasteiger partial charge in [-0.1, -0.05) is 31.5 Å². The first-order valence-corrected chi connectivity index (χ1v) is 8.61. The van der Waals surface area contributed by atoms with Crippen LogP contribution in [0.25, 0.3) is 0 Å². The molecular formula is C15H20N2O2S. The summed E-state index contributed by atoms with van der Waals surface area (Å²) in [6.45, 7) is 2.72. The van der Waals surface area contributed by atoms with Crippen molar-refractivity contribution in [2.45, 2.75) is 31.9 Å². The smallest absolute Gasteiger partial charge is 0.215 e. The second kappa shape index (κ2) is 6.38. The van der Waals surface area contributed by atoms with Crippen LogP contribution in [-0.4, -0.2) is 15.0 Å². The van der Waals surface area contributed by atoms with Crippen LogP contribution in [-0.2, 0) is 15.8 Å². The summed E-state index contributed by atoms with van der Waals surface area (Å²) in [4.78, 5) is 0. The lowest BCUT2D eigenvalue weighted by atomic mass is 10.1. The first-order chi connectivity index (χ1) is 9.50. The van der Waals surface area contributed by atoms with Crippen LogP contribution >= 0.6 is 0 Å². The minimum atomic E-state index is -3.37. The van der Waals surface area contributed by atoms with Gasteiger partial charge in [-0.05, 0) is 36.3 Å². The van der Waals surface area contributed by atoms with Crippen molar-refractivity contribution in [1.82, 2.24) is 4.72 Å². The molecule has 1 saturated carbocycles. The monoisotopic (exact) mass is 292 g/mol. The quantitative estimate of drug-likeness (QED) is 0.906. The van der Waals surface area contributed by atoms with Gasteiger partial charge in [0.2, 0.25) is 10.0 Å². The third kappa shape index (κ3) is 4.06. The minimum Gasteiger partial charge on any atom is -0.215 e. The number of nitriles is 1. The molecule has 0 aliphatic heterocycles. The van der Waals surface area contributed by atoms with E-state index >= 15 is 0 Å². The highest BCUT2D eigenvalue weighted by atomic mass is 32.2. The second-order valence-electron chi connectivity index (χ2n) is 5.66. The molecule has 1 aromatic rings. The van der Waals surface area contributed by atoms with Gasteiger partial charge in [0.1, 0.15) is 0 Å². The molecule has 108 valence electrons. The van der Waals surface area contributed by atoms with Gasteiger partial charge in [-0.3, -0.25) is 0 Å². The first-order valence-electron chi connectivity index (χ1n) is 6.95. The van der Waals surface area contributed by atoms with E-state index in [4.69, 9.17) is 5.26 Å². The Morgan fingerprint density at radius 1 is 1.35 bits per heavy atom. The zero-order chi connectivity index (χ0) is 14.6. The zero-order valence-electron chi connectivity index (χ0n) is 11.7. The number of nitrogens with zero attached hydrogens (tertiary/aromatic N) is 1. The molecule has 0 heterocycles. The van der Waals surface area contributed by atoms with E-state index in [9.17, 15) is 8.42 Å². The average molecular weight is 292 g/mol. The Morgan fingerprint density at radius 3 is 2.75 bits per heavy atom. The van der Waals surface area contributed by atoms with Crippen molar-refractivity contribution in [1.29, 1.82) is 5.26 Å². The predicted octanol–water partition coefficient (Wildman–Crippen LogP) is 2.41. The van der Waals surface area contributed by atoms with Gasteiger partial charge >= 0.3 is 0 Å². The minimum absolute atomic E-state index is 0.126.